The first-order chi connectivity index (χ1) is 30.8. The van der Waals surface area contributed by atoms with Gasteiger partial charge in [0.25, 0.3) is 0 Å². The Morgan fingerprint density at radius 3 is 1.63 bits per heavy atom. The standard InChI is InChI=1S/C26H38ClN5O3Si.C19H22ClN5O4/c1-8-18-20(35-36(6,7)25(2,3)4)26(5,15-33-14-17-12-10-9-11-13-17)23(34-18)32-16-29-19-21(28)30-24(27)31-22(19)32;1-19(9-28-8-11-5-3-2-4-6-11)14(27)12(7-26)29-17(19)25-10-22-13-15(21)23-18(20)24-16(13)25/h9-13,16,18,20,23H,8,14-15H2,1-7H3,(H2,28,30,31);2-6,10,12,14,17,26-27H,7-9H2,1H3,(H2,21,23,24)/t18-,20?,23-,26+;12-,14?,17-,19+/m11/s1. The van der Waals surface area contributed by atoms with Gasteiger partial charge in [0.15, 0.2) is 31.2 Å². The van der Waals surface area contributed by atoms with Crippen molar-refractivity contribution in [3.63, 3.8) is 0 Å². The molecule has 0 spiro atoms. The fraction of sp³-hybridized carbons (Fsp3) is 0.511. The SMILES string of the molecule is CC[C@H]1O[C@@H](n2cnc3c(N)nc(Cl)nc32)[C@@](C)(COCc2ccccc2)C1O[Si](C)(C)C(C)(C)C.C[C@]1(COCc2ccccc2)C(O)[C@@H](CO)O[C@H]1n1cnc2c(N)nc(Cl)nc21. The second kappa shape index (κ2) is 19.5. The smallest absolute Gasteiger partial charge is 0.226 e. The van der Waals surface area contributed by atoms with Crippen LogP contribution >= 0.6 is 23.2 Å². The van der Waals surface area contributed by atoms with Gasteiger partial charge in [-0.2, -0.15) is 19.9 Å². The highest BCUT2D eigenvalue weighted by Gasteiger charge is 2.58. The molecule has 0 bridgehead atoms. The zero-order valence-corrected chi connectivity index (χ0v) is 40.6. The van der Waals surface area contributed by atoms with E-state index in [1.807, 2.05) is 60.0 Å². The number of hydrogen-bond acceptors (Lipinski definition) is 15. The molecule has 2 unspecified atom stereocenters. The zero-order valence-electron chi connectivity index (χ0n) is 38.1. The number of halogens is 2. The molecule has 17 nitrogen and oxygen atoms in total. The largest absolute Gasteiger partial charge is 0.410 e. The molecule has 8 rings (SSSR count). The van der Waals surface area contributed by atoms with Crippen LogP contribution in [0.25, 0.3) is 22.3 Å². The molecule has 0 saturated carbocycles. The lowest BCUT2D eigenvalue weighted by Gasteiger charge is -2.44. The van der Waals surface area contributed by atoms with Crippen LogP contribution in [0.5, 0.6) is 0 Å². The van der Waals surface area contributed by atoms with Gasteiger partial charge >= 0.3 is 0 Å². The summed E-state index contributed by atoms with van der Waals surface area (Å²) in [6.07, 6.45) is 0.806. The molecule has 2 aromatic carbocycles. The van der Waals surface area contributed by atoms with Gasteiger partial charge in [0.2, 0.25) is 10.6 Å². The molecular weight excluding hydrogens is 892 g/mol. The monoisotopic (exact) mass is 950 g/mol. The Balaban J connectivity index is 0.000000198. The van der Waals surface area contributed by atoms with Crippen molar-refractivity contribution in [2.24, 2.45) is 10.8 Å². The molecule has 0 aliphatic carbocycles. The summed E-state index contributed by atoms with van der Waals surface area (Å²) in [7, 11) is -2.13. The summed E-state index contributed by atoms with van der Waals surface area (Å²) in [5.41, 5.74) is 14.5. The molecule has 0 radical (unpaired) electrons. The maximum Gasteiger partial charge on any atom is 0.226 e. The van der Waals surface area contributed by atoms with Crippen LogP contribution in [0.3, 0.4) is 0 Å². The van der Waals surface area contributed by atoms with Gasteiger partial charge < -0.3 is 45.1 Å². The number of imidazole rings is 2. The van der Waals surface area contributed by atoms with Crippen LogP contribution in [0.1, 0.15) is 71.5 Å². The van der Waals surface area contributed by atoms with E-state index in [9.17, 15) is 10.2 Å². The minimum Gasteiger partial charge on any atom is -0.410 e. The van der Waals surface area contributed by atoms with Crippen LogP contribution in [-0.2, 0) is 36.6 Å². The first-order valence-corrected chi connectivity index (χ1v) is 25.3. The fourth-order valence-corrected chi connectivity index (χ4v) is 10.0. The molecule has 4 aromatic heterocycles. The van der Waals surface area contributed by atoms with E-state index in [2.05, 4.69) is 89.7 Å². The minimum absolute atomic E-state index is 0.0176. The van der Waals surface area contributed by atoms with E-state index in [4.69, 9.17) is 58.0 Å². The minimum atomic E-state index is -2.13. The van der Waals surface area contributed by atoms with Crippen molar-refractivity contribution in [2.45, 2.75) is 116 Å². The number of fused-ring (bicyclic) bond motifs is 2. The summed E-state index contributed by atoms with van der Waals surface area (Å²) in [6.45, 7) is 18.6. The Morgan fingerprint density at radius 2 is 1.18 bits per heavy atom. The molecule has 0 amide bonds. The van der Waals surface area contributed by atoms with Crippen molar-refractivity contribution in [2.75, 3.05) is 31.3 Å². The van der Waals surface area contributed by atoms with Crippen molar-refractivity contribution in [3.05, 3.63) is 95.0 Å². The third kappa shape index (κ3) is 9.88. The molecule has 65 heavy (non-hydrogen) atoms. The third-order valence-electron chi connectivity index (χ3n) is 13.0. The summed E-state index contributed by atoms with van der Waals surface area (Å²) in [6, 6.07) is 19.9. The molecular formula is C45H60Cl2N10O7Si. The second-order valence-corrected chi connectivity index (χ2v) is 24.2. The number of ether oxygens (including phenoxy) is 4. The quantitative estimate of drug-likeness (QED) is 0.0612. The van der Waals surface area contributed by atoms with E-state index in [-0.39, 0.29) is 52.7 Å². The van der Waals surface area contributed by atoms with Gasteiger partial charge in [0, 0.05) is 0 Å². The zero-order chi connectivity index (χ0) is 46.9. The lowest BCUT2D eigenvalue weighted by molar-refractivity contribution is -0.0741. The molecule has 6 N–H and O–H groups in total. The average molecular weight is 952 g/mol. The maximum atomic E-state index is 10.9. The van der Waals surface area contributed by atoms with Crippen molar-refractivity contribution in [1.29, 1.82) is 0 Å². The topological polar surface area (TPSA) is 226 Å². The fourth-order valence-electron chi connectivity index (χ4n) is 8.25. The number of aliphatic hydroxyl groups excluding tert-OH is 2. The van der Waals surface area contributed by atoms with Crippen LogP contribution in [0.2, 0.25) is 28.7 Å². The van der Waals surface area contributed by atoms with Gasteiger partial charge in [-0.25, -0.2) is 9.97 Å². The summed E-state index contributed by atoms with van der Waals surface area (Å²) < 4.78 is 35.6. The number of aliphatic hydroxyl groups is 2. The highest BCUT2D eigenvalue weighted by Crippen LogP contribution is 2.52. The number of rotatable bonds is 14. The molecule has 6 heterocycles. The van der Waals surface area contributed by atoms with Crippen molar-refractivity contribution in [1.82, 2.24) is 39.0 Å². The summed E-state index contributed by atoms with van der Waals surface area (Å²) in [5.74, 6) is 0.392. The number of nitrogen functional groups attached to an aromatic ring is 2. The Morgan fingerprint density at radius 1 is 0.738 bits per heavy atom. The van der Waals surface area contributed by atoms with E-state index in [1.165, 1.54) is 6.33 Å². The number of benzene rings is 2. The van der Waals surface area contributed by atoms with Gasteiger partial charge in [0.05, 0.1) is 74.8 Å². The van der Waals surface area contributed by atoms with Crippen LogP contribution < -0.4 is 11.5 Å². The molecule has 6 aromatic rings. The first-order valence-electron chi connectivity index (χ1n) is 21.6. The molecule has 2 saturated heterocycles. The number of nitrogens with zero attached hydrogens (tertiary/aromatic N) is 8. The second-order valence-electron chi connectivity index (χ2n) is 18.8. The van der Waals surface area contributed by atoms with E-state index in [0.29, 0.717) is 42.1 Å². The molecule has 350 valence electrons. The Hall–Kier alpha value is -4.34. The summed E-state index contributed by atoms with van der Waals surface area (Å²) in [5, 5.41) is 20.6. The average Bonchev–Trinajstić information content (AvgIpc) is 4.00. The molecule has 2 aliphatic rings. The van der Waals surface area contributed by atoms with E-state index >= 15 is 0 Å². The van der Waals surface area contributed by atoms with Gasteiger partial charge in [-0.15, -0.1) is 0 Å². The number of hydrogen-bond donors (Lipinski definition) is 4. The Bertz CT molecular complexity index is 2550. The molecule has 2 aliphatic heterocycles. The predicted molar refractivity (Wildman–Crippen MR) is 251 cm³/mol. The van der Waals surface area contributed by atoms with Crippen LogP contribution in [0.4, 0.5) is 11.6 Å². The maximum absolute atomic E-state index is 10.9. The summed E-state index contributed by atoms with van der Waals surface area (Å²) >= 11 is 12.1. The lowest BCUT2D eigenvalue weighted by atomic mass is 9.82. The van der Waals surface area contributed by atoms with E-state index < -0.39 is 43.8 Å². The van der Waals surface area contributed by atoms with E-state index in [1.54, 1.807) is 10.9 Å². The highest BCUT2D eigenvalue weighted by atomic mass is 35.5. The van der Waals surface area contributed by atoms with E-state index in [0.717, 1.165) is 17.5 Å². The normalized spacial score (nSPS) is 25.9. The van der Waals surface area contributed by atoms with Crippen LogP contribution in [-0.4, -0.2) is 102 Å². The van der Waals surface area contributed by atoms with Gasteiger partial charge in [-0.1, -0.05) is 102 Å². The molecule has 2 fully saturated rings. The Labute approximate surface area is 389 Å². The molecule has 8 atom stereocenters. The van der Waals surface area contributed by atoms with Crippen LogP contribution in [0.15, 0.2) is 73.3 Å². The highest BCUT2D eigenvalue weighted by molar-refractivity contribution is 6.74. The first kappa shape index (κ1) is 48.6. The van der Waals surface area contributed by atoms with Crippen LogP contribution in [0, 0.1) is 10.8 Å². The van der Waals surface area contributed by atoms with Gasteiger partial charge in [0.1, 0.15) is 29.6 Å². The van der Waals surface area contributed by atoms with Crippen molar-refractivity contribution >= 4 is 65.5 Å². The predicted octanol–water partition coefficient (Wildman–Crippen LogP) is 7.52. The van der Waals surface area contributed by atoms with Gasteiger partial charge in [-0.05, 0) is 58.9 Å². The number of aromatic nitrogens is 8. The number of anilines is 2. The molecule has 20 heteroatoms. The number of nitrogens with two attached hydrogens (primary N) is 2. The lowest BCUT2D eigenvalue weighted by Crippen LogP contribution is -2.52. The van der Waals surface area contributed by atoms with Gasteiger partial charge in [-0.3, -0.25) is 9.13 Å². The van der Waals surface area contributed by atoms with Crippen molar-refractivity contribution < 1.29 is 33.6 Å². The Kier molecular flexibility index (Phi) is 14.6. The summed E-state index contributed by atoms with van der Waals surface area (Å²) in [4.78, 5) is 25.4. The van der Waals surface area contributed by atoms with Crippen molar-refractivity contribution in [3.8, 4) is 0 Å². The third-order valence-corrected chi connectivity index (χ3v) is 17.8.